The first-order chi connectivity index (χ1) is 4.37. The maximum Gasteiger partial charge on any atom is 0.183 e. The first kappa shape index (κ1) is 11.3. The molecule has 0 atom stereocenters. The van der Waals surface area contributed by atoms with Gasteiger partial charge in [-0.15, -0.1) is 0 Å². The lowest BCUT2D eigenvalue weighted by Crippen LogP contribution is -2.22. The van der Waals surface area contributed by atoms with Crippen molar-refractivity contribution in [3.63, 3.8) is 0 Å². The van der Waals surface area contributed by atoms with Crippen LogP contribution >= 0.6 is 0 Å². The van der Waals surface area contributed by atoms with Crippen molar-refractivity contribution in [2.75, 3.05) is 0 Å². The Morgan fingerprint density at radius 1 is 1.60 bits per heavy atom. The van der Waals surface area contributed by atoms with Gasteiger partial charge < -0.3 is 21.4 Å². The van der Waals surface area contributed by atoms with Gasteiger partial charge in [-0.2, -0.15) is 0 Å². The van der Waals surface area contributed by atoms with Gasteiger partial charge in [0, 0.05) is 0 Å². The van der Waals surface area contributed by atoms with E-state index in [1.165, 1.54) is 6.92 Å². The van der Waals surface area contributed by atoms with Gasteiger partial charge in [-0.3, -0.25) is 5.41 Å². The van der Waals surface area contributed by atoms with Crippen LogP contribution < -0.4 is 16.6 Å². The van der Waals surface area contributed by atoms with Gasteiger partial charge in [0.05, 0.1) is 5.97 Å². The number of carbonyl (C=O) groups excluding carboxylic acids is 1. The van der Waals surface area contributed by atoms with Crippen molar-refractivity contribution < 1.29 is 9.90 Å². The monoisotopic (exact) mass is 144 g/mol. The number of aliphatic carboxylic acids is 1. The van der Waals surface area contributed by atoms with Gasteiger partial charge >= 0.3 is 0 Å². The number of carboxylic acids is 1. The van der Waals surface area contributed by atoms with Crippen molar-refractivity contribution >= 4 is 11.9 Å². The summed E-state index contributed by atoms with van der Waals surface area (Å²) in [6.45, 7) is 4.48. The Morgan fingerprint density at radius 3 is 1.70 bits per heavy atom. The summed E-state index contributed by atoms with van der Waals surface area (Å²) < 4.78 is 0. The van der Waals surface area contributed by atoms with Crippen molar-refractivity contribution in [1.29, 1.82) is 5.41 Å². The van der Waals surface area contributed by atoms with Crippen LogP contribution in [0.4, 0.5) is 0 Å². The number of guanidine groups is 1. The molecule has 0 bridgehead atoms. The van der Waals surface area contributed by atoms with E-state index in [2.05, 4.69) is 18.0 Å². The second kappa shape index (κ2) is 5.61. The minimum atomic E-state index is -1.19. The van der Waals surface area contributed by atoms with Crippen LogP contribution in [-0.4, -0.2) is 11.9 Å². The molecule has 58 valence electrons. The topological polar surface area (TPSA) is 116 Å². The molecule has 0 aliphatic carbocycles. The third kappa shape index (κ3) is 31.6. The fourth-order valence-electron chi connectivity index (χ4n) is 0. The molecule has 0 rings (SSSR count). The molecule has 0 saturated carbocycles. The van der Waals surface area contributed by atoms with Crippen molar-refractivity contribution in [3.05, 3.63) is 12.2 Å². The third-order valence-corrected chi connectivity index (χ3v) is 0.348. The van der Waals surface area contributed by atoms with E-state index in [1.807, 2.05) is 0 Å². The summed E-state index contributed by atoms with van der Waals surface area (Å²) in [5.41, 5.74) is 9.01. The molecular formula is C5H10N3O2-. The third-order valence-electron chi connectivity index (χ3n) is 0.348. The maximum atomic E-state index is 9.49. The maximum absolute atomic E-state index is 9.49. The van der Waals surface area contributed by atoms with Gasteiger partial charge in [-0.25, -0.2) is 0 Å². The van der Waals surface area contributed by atoms with Crippen LogP contribution in [0.2, 0.25) is 0 Å². The second-order valence-electron chi connectivity index (χ2n) is 1.52. The molecule has 0 radical (unpaired) electrons. The van der Waals surface area contributed by atoms with Crippen molar-refractivity contribution in [1.82, 2.24) is 0 Å². The number of rotatable bonds is 1. The standard InChI is InChI=1S/C4H6O2.CH5N3/c1-3(2)4(5)6;2-1(3)4/h1H2,2H3,(H,5,6);(H5,2,3,4)/p-1. The number of nitrogens with two attached hydrogens (primary N) is 2. The Balaban J connectivity index is 0. The zero-order valence-electron chi connectivity index (χ0n) is 5.68. The van der Waals surface area contributed by atoms with E-state index in [4.69, 9.17) is 5.41 Å². The van der Waals surface area contributed by atoms with Crippen molar-refractivity contribution in [2.24, 2.45) is 11.5 Å². The molecule has 0 aliphatic rings. The van der Waals surface area contributed by atoms with E-state index in [1.54, 1.807) is 0 Å². The molecule has 10 heavy (non-hydrogen) atoms. The number of hydrogen-bond donors (Lipinski definition) is 3. The minimum absolute atomic E-state index is 0.0648. The molecular weight excluding hydrogens is 134 g/mol. The summed E-state index contributed by atoms with van der Waals surface area (Å²) >= 11 is 0. The fraction of sp³-hybridized carbons (Fsp3) is 0.200. The highest BCUT2D eigenvalue weighted by Gasteiger charge is 1.76. The highest BCUT2D eigenvalue weighted by atomic mass is 16.4. The number of hydrogen-bond acceptors (Lipinski definition) is 3. The lowest BCUT2D eigenvalue weighted by molar-refractivity contribution is -0.299. The zero-order valence-corrected chi connectivity index (χ0v) is 5.68. The molecule has 0 amide bonds. The summed E-state index contributed by atoms with van der Waals surface area (Å²) in [7, 11) is 0. The minimum Gasteiger partial charge on any atom is -0.545 e. The van der Waals surface area contributed by atoms with E-state index in [0.29, 0.717) is 0 Å². The number of nitrogens with one attached hydrogen (secondary N) is 1. The highest BCUT2D eigenvalue weighted by molar-refractivity contribution is 5.82. The summed E-state index contributed by atoms with van der Waals surface area (Å²) in [5, 5.41) is 15.5. The molecule has 0 fully saturated rings. The van der Waals surface area contributed by atoms with Crippen LogP contribution in [0, 0.1) is 5.41 Å². The van der Waals surface area contributed by atoms with Gasteiger partial charge in [-0.05, 0) is 12.5 Å². The first-order valence-electron chi connectivity index (χ1n) is 2.34. The van der Waals surface area contributed by atoms with Crippen LogP contribution in [0.25, 0.3) is 0 Å². The SMILES string of the molecule is C=C(C)C(=O)[O-].N=C(N)N. The van der Waals surface area contributed by atoms with Gasteiger partial charge in [0.25, 0.3) is 0 Å². The molecule has 5 nitrogen and oxygen atoms in total. The Hall–Kier alpha value is -1.52. The zero-order chi connectivity index (χ0) is 8.73. The largest absolute Gasteiger partial charge is 0.545 e. The van der Waals surface area contributed by atoms with Crippen LogP contribution in [-0.2, 0) is 4.79 Å². The average Bonchev–Trinajstić information content (AvgIpc) is 1.63. The number of carboxylic acid groups (broad SMARTS) is 1. The molecule has 0 spiro atoms. The molecule has 0 aromatic rings. The summed E-state index contributed by atoms with van der Waals surface area (Å²) in [4.78, 5) is 9.49. The van der Waals surface area contributed by atoms with E-state index < -0.39 is 5.97 Å². The smallest absolute Gasteiger partial charge is 0.183 e. The summed E-state index contributed by atoms with van der Waals surface area (Å²) in [6, 6.07) is 0. The Kier molecular flexibility index (Phi) is 6.34. The first-order valence-corrected chi connectivity index (χ1v) is 2.34. The molecule has 0 aromatic heterocycles. The van der Waals surface area contributed by atoms with E-state index in [0.717, 1.165) is 0 Å². The molecule has 0 aromatic carbocycles. The van der Waals surface area contributed by atoms with E-state index in [9.17, 15) is 9.90 Å². The lowest BCUT2D eigenvalue weighted by atomic mass is 10.4. The fourth-order valence-corrected chi connectivity index (χ4v) is 0. The van der Waals surface area contributed by atoms with Crippen LogP contribution in [0.5, 0.6) is 0 Å². The molecule has 0 unspecified atom stereocenters. The summed E-state index contributed by atoms with van der Waals surface area (Å²) in [6.07, 6.45) is 0. The summed E-state index contributed by atoms with van der Waals surface area (Å²) in [5.74, 6) is -1.52. The van der Waals surface area contributed by atoms with Gasteiger partial charge in [0.1, 0.15) is 0 Å². The van der Waals surface area contributed by atoms with Crippen molar-refractivity contribution in [3.8, 4) is 0 Å². The molecule has 5 N–H and O–H groups in total. The average molecular weight is 144 g/mol. The highest BCUT2D eigenvalue weighted by Crippen LogP contribution is 1.77. The quantitative estimate of drug-likeness (QED) is 0.227. The van der Waals surface area contributed by atoms with Gasteiger partial charge in [0.2, 0.25) is 0 Å². The number of carbonyl (C=O) groups is 1. The van der Waals surface area contributed by atoms with Gasteiger partial charge in [0.15, 0.2) is 5.96 Å². The Morgan fingerprint density at radius 2 is 1.70 bits per heavy atom. The molecule has 0 heterocycles. The van der Waals surface area contributed by atoms with E-state index >= 15 is 0 Å². The lowest BCUT2D eigenvalue weighted by Gasteiger charge is -1.93. The van der Waals surface area contributed by atoms with Crippen LogP contribution in [0.1, 0.15) is 6.92 Å². The second-order valence-corrected chi connectivity index (χ2v) is 1.52. The van der Waals surface area contributed by atoms with E-state index in [-0.39, 0.29) is 11.5 Å². The normalized spacial score (nSPS) is 6.90. The molecule has 0 saturated heterocycles. The Labute approximate surface area is 58.8 Å². The van der Waals surface area contributed by atoms with Crippen LogP contribution in [0.15, 0.2) is 12.2 Å². The van der Waals surface area contributed by atoms with Gasteiger partial charge in [-0.1, -0.05) is 6.58 Å². The molecule has 5 heteroatoms. The van der Waals surface area contributed by atoms with Crippen LogP contribution in [0.3, 0.4) is 0 Å². The predicted octanol–water partition coefficient (Wildman–Crippen LogP) is -1.85. The molecule has 0 aliphatic heterocycles. The Bertz CT molecular complexity index is 137. The van der Waals surface area contributed by atoms with Crippen molar-refractivity contribution in [2.45, 2.75) is 6.92 Å². The predicted molar refractivity (Wildman–Crippen MR) is 35.9 cm³/mol.